The maximum Gasteiger partial charge on any atom is 0.305 e. The molecule has 0 amide bonds. The van der Waals surface area contributed by atoms with Gasteiger partial charge < -0.3 is 9.84 Å². The first-order chi connectivity index (χ1) is 12.9. The number of hydrogen-bond donors (Lipinski definition) is 1. The van der Waals surface area contributed by atoms with Gasteiger partial charge in [-0.15, -0.1) is 0 Å². The summed E-state index contributed by atoms with van der Waals surface area (Å²) in [6, 6.07) is 0. The van der Waals surface area contributed by atoms with Gasteiger partial charge in [-0.2, -0.15) is 0 Å². The largest absolute Gasteiger partial charge is 0.469 e. The molecule has 4 aliphatic carbocycles. The molecule has 0 heterocycles. The lowest BCUT2D eigenvalue weighted by Gasteiger charge is -2.62. The van der Waals surface area contributed by atoms with E-state index in [1.165, 1.54) is 58.5 Å². The molecule has 3 nitrogen and oxygen atoms in total. The Balaban J connectivity index is 1.49. The zero-order chi connectivity index (χ0) is 19.2. The van der Waals surface area contributed by atoms with Gasteiger partial charge in [-0.05, 0) is 98.2 Å². The minimum absolute atomic E-state index is 0.0719. The molecular weight excluding hydrogens is 336 g/mol. The highest BCUT2D eigenvalue weighted by atomic mass is 16.5. The second-order valence-corrected chi connectivity index (χ2v) is 10.8. The number of methoxy groups -OCH3 is 1. The van der Waals surface area contributed by atoms with Crippen LogP contribution in [0.2, 0.25) is 0 Å². The van der Waals surface area contributed by atoms with Gasteiger partial charge in [-0.25, -0.2) is 0 Å². The molecule has 0 aromatic heterocycles. The lowest BCUT2D eigenvalue weighted by molar-refractivity contribution is -0.162. The Bertz CT molecular complexity index is 560. The van der Waals surface area contributed by atoms with Crippen molar-refractivity contribution in [3.63, 3.8) is 0 Å². The van der Waals surface area contributed by atoms with Gasteiger partial charge in [0.2, 0.25) is 0 Å². The molecule has 4 saturated carbocycles. The Hall–Kier alpha value is -0.570. The van der Waals surface area contributed by atoms with Gasteiger partial charge in [-0.3, -0.25) is 4.79 Å². The van der Waals surface area contributed by atoms with E-state index in [0.29, 0.717) is 29.1 Å². The van der Waals surface area contributed by atoms with Gasteiger partial charge >= 0.3 is 5.97 Å². The summed E-state index contributed by atoms with van der Waals surface area (Å²) in [5.41, 5.74) is 0.850. The Kier molecular flexibility index (Phi) is 5.37. The number of fused-ring (bicyclic) bond motifs is 5. The number of ether oxygens (including phenoxy) is 1. The predicted octanol–water partition coefficient (Wildman–Crippen LogP) is 5.35. The summed E-state index contributed by atoms with van der Waals surface area (Å²) < 4.78 is 4.82. The molecule has 0 saturated heterocycles. The van der Waals surface area contributed by atoms with Gasteiger partial charge in [0.1, 0.15) is 0 Å². The first kappa shape index (κ1) is 19.7. The van der Waals surface area contributed by atoms with Gasteiger partial charge in [0.25, 0.3) is 0 Å². The van der Waals surface area contributed by atoms with Crippen LogP contribution in [0.1, 0.15) is 90.9 Å². The number of carbonyl (C=O) groups is 1. The standard InChI is InChI=1S/C24H40O3/c1-23-13-5-4-7-17(23)15-20(25)22-18-11-10-16(8-6-9-21(26)27-3)24(18,2)14-12-19(22)23/h16-20,22,25H,4-15H2,1-3H3/t16-,17?,18?,19?,20+,22?,23-,24+/m0/s1. The third kappa shape index (κ3) is 3.16. The topological polar surface area (TPSA) is 46.5 Å². The molecule has 0 aromatic carbocycles. The van der Waals surface area contributed by atoms with Crippen molar-refractivity contribution in [3.8, 4) is 0 Å². The minimum Gasteiger partial charge on any atom is -0.469 e. The number of hydrogen-bond acceptors (Lipinski definition) is 3. The number of esters is 1. The average Bonchev–Trinajstić information content (AvgIpc) is 2.98. The van der Waals surface area contributed by atoms with Gasteiger partial charge in [0.05, 0.1) is 13.2 Å². The van der Waals surface area contributed by atoms with Crippen LogP contribution < -0.4 is 0 Å². The molecule has 4 rings (SSSR count). The van der Waals surface area contributed by atoms with Gasteiger partial charge in [0.15, 0.2) is 0 Å². The fourth-order valence-electron chi connectivity index (χ4n) is 8.43. The van der Waals surface area contributed by atoms with Crippen LogP contribution in [0.25, 0.3) is 0 Å². The number of aliphatic hydroxyl groups is 1. The smallest absolute Gasteiger partial charge is 0.305 e. The summed E-state index contributed by atoms with van der Waals surface area (Å²) in [4.78, 5) is 11.5. The summed E-state index contributed by atoms with van der Waals surface area (Å²) >= 11 is 0. The van der Waals surface area contributed by atoms with E-state index in [9.17, 15) is 9.90 Å². The van der Waals surface area contributed by atoms with Gasteiger partial charge in [0, 0.05) is 6.42 Å². The Labute approximate surface area is 165 Å². The van der Waals surface area contributed by atoms with Crippen molar-refractivity contribution in [2.45, 2.75) is 97.0 Å². The van der Waals surface area contributed by atoms with Crippen LogP contribution in [0.5, 0.6) is 0 Å². The highest BCUT2D eigenvalue weighted by molar-refractivity contribution is 5.68. The normalized spacial score (nSPS) is 49.0. The van der Waals surface area contributed by atoms with E-state index in [0.717, 1.165) is 37.0 Å². The van der Waals surface area contributed by atoms with E-state index >= 15 is 0 Å². The first-order valence-corrected chi connectivity index (χ1v) is 11.6. The minimum atomic E-state index is -0.0791. The van der Waals surface area contributed by atoms with Crippen molar-refractivity contribution in [2.75, 3.05) is 7.11 Å². The Morgan fingerprint density at radius 1 is 1.04 bits per heavy atom. The van der Waals surface area contributed by atoms with Crippen LogP contribution in [0.15, 0.2) is 0 Å². The Morgan fingerprint density at radius 3 is 2.59 bits per heavy atom. The fourth-order valence-corrected chi connectivity index (χ4v) is 8.43. The van der Waals surface area contributed by atoms with Crippen LogP contribution in [0, 0.1) is 40.4 Å². The summed E-state index contributed by atoms with van der Waals surface area (Å²) in [6.07, 6.45) is 14.3. The predicted molar refractivity (Wildman–Crippen MR) is 107 cm³/mol. The highest BCUT2D eigenvalue weighted by Gasteiger charge is 2.61. The number of rotatable bonds is 4. The van der Waals surface area contributed by atoms with Crippen LogP contribution in [0.3, 0.4) is 0 Å². The van der Waals surface area contributed by atoms with Crippen molar-refractivity contribution in [1.29, 1.82) is 0 Å². The zero-order valence-electron chi connectivity index (χ0n) is 17.7. The molecule has 4 unspecified atom stereocenters. The monoisotopic (exact) mass is 376 g/mol. The molecule has 0 aromatic rings. The molecule has 4 fully saturated rings. The molecule has 0 spiro atoms. The molecular formula is C24H40O3. The van der Waals surface area contributed by atoms with E-state index in [4.69, 9.17) is 4.74 Å². The van der Waals surface area contributed by atoms with Crippen molar-refractivity contribution in [2.24, 2.45) is 40.4 Å². The molecule has 0 aliphatic heterocycles. The maximum absolute atomic E-state index is 11.5. The maximum atomic E-state index is 11.5. The van der Waals surface area contributed by atoms with Crippen molar-refractivity contribution in [1.82, 2.24) is 0 Å². The van der Waals surface area contributed by atoms with Crippen LogP contribution in [0.4, 0.5) is 0 Å². The highest BCUT2D eigenvalue weighted by Crippen LogP contribution is 2.67. The quantitative estimate of drug-likeness (QED) is 0.673. The van der Waals surface area contributed by atoms with E-state index in [-0.39, 0.29) is 12.1 Å². The molecule has 3 heteroatoms. The lowest BCUT2D eigenvalue weighted by atomic mass is 9.44. The molecule has 27 heavy (non-hydrogen) atoms. The molecule has 8 atom stereocenters. The van der Waals surface area contributed by atoms with Crippen molar-refractivity contribution in [3.05, 3.63) is 0 Å². The zero-order valence-corrected chi connectivity index (χ0v) is 17.7. The number of carbonyl (C=O) groups excluding carboxylic acids is 1. The van der Waals surface area contributed by atoms with E-state index in [1.54, 1.807) is 0 Å². The first-order valence-electron chi connectivity index (χ1n) is 11.6. The number of aliphatic hydroxyl groups excluding tert-OH is 1. The molecule has 154 valence electrons. The van der Waals surface area contributed by atoms with Gasteiger partial charge in [-0.1, -0.05) is 26.7 Å². The van der Waals surface area contributed by atoms with Crippen LogP contribution >= 0.6 is 0 Å². The summed E-state index contributed by atoms with van der Waals surface area (Å²) in [7, 11) is 1.49. The average molecular weight is 377 g/mol. The fraction of sp³-hybridized carbons (Fsp3) is 0.958. The van der Waals surface area contributed by atoms with E-state index < -0.39 is 0 Å². The van der Waals surface area contributed by atoms with Crippen molar-refractivity contribution >= 4 is 5.97 Å². The molecule has 0 radical (unpaired) electrons. The molecule has 0 bridgehead atoms. The lowest BCUT2D eigenvalue weighted by Crippen LogP contribution is -2.57. The Morgan fingerprint density at radius 2 is 1.81 bits per heavy atom. The third-order valence-corrected chi connectivity index (χ3v) is 9.96. The summed E-state index contributed by atoms with van der Waals surface area (Å²) in [5, 5.41) is 11.2. The van der Waals surface area contributed by atoms with E-state index in [2.05, 4.69) is 13.8 Å². The second kappa shape index (κ2) is 7.35. The van der Waals surface area contributed by atoms with E-state index in [1.807, 2.05) is 0 Å². The summed E-state index contributed by atoms with van der Waals surface area (Å²) in [6.45, 7) is 5.09. The molecule has 4 aliphatic rings. The summed E-state index contributed by atoms with van der Waals surface area (Å²) in [5.74, 6) is 3.35. The third-order valence-electron chi connectivity index (χ3n) is 9.96. The van der Waals surface area contributed by atoms with Crippen molar-refractivity contribution < 1.29 is 14.6 Å². The van der Waals surface area contributed by atoms with Crippen LogP contribution in [-0.2, 0) is 9.53 Å². The second-order valence-electron chi connectivity index (χ2n) is 10.8. The SMILES string of the molecule is COC(=O)CCC[C@H]1CCC2C3C(CC[C@@]21C)[C@@]1(C)CCCCC1C[C@H]3O. The van der Waals surface area contributed by atoms with Crippen LogP contribution in [-0.4, -0.2) is 24.3 Å². The molecule has 1 N–H and O–H groups in total.